The zero-order valence-corrected chi connectivity index (χ0v) is 13.0. The molecule has 1 atom stereocenters. The summed E-state index contributed by atoms with van der Waals surface area (Å²) < 4.78 is 7.85. The number of hydrogen-bond donors (Lipinski definition) is 0. The zero-order chi connectivity index (χ0) is 14.2. The van der Waals surface area contributed by atoms with E-state index in [2.05, 4.69) is 5.10 Å². The van der Waals surface area contributed by atoms with Crippen molar-refractivity contribution in [2.24, 2.45) is 13.0 Å². The number of carbonyl (C=O) groups excluding carboxylic acids is 1. The predicted molar refractivity (Wildman–Crippen MR) is 80.2 cm³/mol. The standard InChI is InChI=1S/C15H22N2O2S/c1-11-13(10-16-17(11)2)14(18)12-3-6-19-15(9-12)4-7-20-8-5-15/h10,12H,3-9H2,1-2H3. The molecular weight excluding hydrogens is 272 g/mol. The highest BCUT2D eigenvalue weighted by Gasteiger charge is 2.41. The Morgan fingerprint density at radius 1 is 1.50 bits per heavy atom. The molecule has 0 bridgehead atoms. The van der Waals surface area contributed by atoms with E-state index < -0.39 is 0 Å². The second-order valence-corrected chi connectivity index (χ2v) is 7.19. The number of rotatable bonds is 2. The highest BCUT2D eigenvalue weighted by atomic mass is 32.2. The Hall–Kier alpha value is -0.810. The van der Waals surface area contributed by atoms with Crippen molar-refractivity contribution in [1.82, 2.24) is 9.78 Å². The van der Waals surface area contributed by atoms with Gasteiger partial charge in [-0.15, -0.1) is 0 Å². The van der Waals surface area contributed by atoms with Crippen LogP contribution in [0.4, 0.5) is 0 Å². The Bertz CT molecular complexity index is 500. The minimum Gasteiger partial charge on any atom is -0.375 e. The van der Waals surface area contributed by atoms with Gasteiger partial charge in [-0.3, -0.25) is 9.48 Å². The smallest absolute Gasteiger partial charge is 0.169 e. The summed E-state index contributed by atoms with van der Waals surface area (Å²) in [5.74, 6) is 2.69. The summed E-state index contributed by atoms with van der Waals surface area (Å²) in [6.07, 6.45) is 5.64. The van der Waals surface area contributed by atoms with Crippen molar-refractivity contribution in [1.29, 1.82) is 0 Å². The molecule has 0 radical (unpaired) electrons. The van der Waals surface area contributed by atoms with Gasteiger partial charge in [0, 0.05) is 25.3 Å². The number of hydrogen-bond acceptors (Lipinski definition) is 4. The fourth-order valence-electron chi connectivity index (χ4n) is 3.30. The Morgan fingerprint density at radius 2 is 2.25 bits per heavy atom. The summed E-state index contributed by atoms with van der Waals surface area (Å²) in [7, 11) is 1.88. The topological polar surface area (TPSA) is 44.1 Å². The van der Waals surface area contributed by atoms with Crippen LogP contribution in [0.15, 0.2) is 6.20 Å². The van der Waals surface area contributed by atoms with Crippen molar-refractivity contribution >= 4 is 17.5 Å². The average molecular weight is 294 g/mol. The van der Waals surface area contributed by atoms with Gasteiger partial charge in [0.05, 0.1) is 17.4 Å². The quantitative estimate of drug-likeness (QED) is 0.787. The van der Waals surface area contributed by atoms with E-state index in [9.17, 15) is 4.79 Å². The van der Waals surface area contributed by atoms with Gasteiger partial charge >= 0.3 is 0 Å². The van der Waals surface area contributed by atoms with Gasteiger partial charge in [-0.2, -0.15) is 16.9 Å². The molecule has 0 aliphatic carbocycles. The van der Waals surface area contributed by atoms with Crippen LogP contribution < -0.4 is 0 Å². The molecule has 4 nitrogen and oxygen atoms in total. The van der Waals surface area contributed by atoms with Crippen molar-refractivity contribution in [3.05, 3.63) is 17.5 Å². The molecule has 0 aromatic carbocycles. The molecule has 2 saturated heterocycles. The van der Waals surface area contributed by atoms with Crippen LogP contribution in [0.3, 0.4) is 0 Å². The van der Waals surface area contributed by atoms with Gasteiger partial charge in [-0.1, -0.05) is 0 Å². The summed E-state index contributed by atoms with van der Waals surface area (Å²) in [5, 5.41) is 4.20. The minimum absolute atomic E-state index is 0.0278. The van der Waals surface area contributed by atoms with E-state index in [4.69, 9.17) is 4.74 Å². The molecule has 1 aromatic rings. The van der Waals surface area contributed by atoms with Crippen LogP contribution >= 0.6 is 11.8 Å². The molecule has 2 aliphatic heterocycles. The van der Waals surface area contributed by atoms with Crippen molar-refractivity contribution < 1.29 is 9.53 Å². The summed E-state index contributed by atoms with van der Waals surface area (Å²) in [5.41, 5.74) is 1.73. The molecule has 1 aromatic heterocycles. The van der Waals surface area contributed by atoms with Crippen molar-refractivity contribution in [3.63, 3.8) is 0 Å². The molecular formula is C15H22N2O2S. The molecule has 3 heterocycles. The van der Waals surface area contributed by atoms with Gasteiger partial charge < -0.3 is 4.74 Å². The number of carbonyl (C=O) groups is 1. The number of nitrogens with zero attached hydrogens (tertiary/aromatic N) is 2. The van der Waals surface area contributed by atoms with Gasteiger partial charge in [-0.25, -0.2) is 0 Å². The SMILES string of the molecule is Cc1c(C(=O)C2CCOC3(CCSCC3)C2)cnn1C. The van der Waals surface area contributed by atoms with Crippen LogP contribution in [0.1, 0.15) is 41.7 Å². The molecule has 1 spiro atoms. The van der Waals surface area contributed by atoms with Crippen molar-refractivity contribution in [3.8, 4) is 0 Å². The summed E-state index contributed by atoms with van der Waals surface area (Å²) in [4.78, 5) is 12.7. The first kappa shape index (κ1) is 14.1. The molecule has 1 unspecified atom stereocenters. The fraction of sp³-hybridized carbons (Fsp3) is 0.733. The van der Waals surface area contributed by atoms with E-state index in [1.807, 2.05) is 25.7 Å². The number of ether oxygens (including phenoxy) is 1. The maximum absolute atomic E-state index is 12.7. The van der Waals surface area contributed by atoms with E-state index in [1.54, 1.807) is 10.9 Å². The van der Waals surface area contributed by atoms with Crippen LogP contribution in [0.5, 0.6) is 0 Å². The third-order valence-corrected chi connectivity index (χ3v) is 5.75. The van der Waals surface area contributed by atoms with Crippen LogP contribution in [0.2, 0.25) is 0 Å². The molecule has 2 fully saturated rings. The van der Waals surface area contributed by atoms with E-state index in [1.165, 1.54) is 0 Å². The molecule has 5 heteroatoms. The van der Waals surface area contributed by atoms with Crippen LogP contribution in [-0.2, 0) is 11.8 Å². The first-order valence-electron chi connectivity index (χ1n) is 7.36. The lowest BCUT2D eigenvalue weighted by molar-refractivity contribution is -0.0959. The zero-order valence-electron chi connectivity index (χ0n) is 12.2. The van der Waals surface area contributed by atoms with Gasteiger partial charge in [0.2, 0.25) is 0 Å². The van der Waals surface area contributed by atoms with Gasteiger partial charge in [-0.05, 0) is 44.1 Å². The van der Waals surface area contributed by atoms with Crippen molar-refractivity contribution in [2.45, 2.75) is 38.2 Å². The lowest BCUT2D eigenvalue weighted by Crippen LogP contribution is -2.44. The van der Waals surface area contributed by atoms with Crippen molar-refractivity contribution in [2.75, 3.05) is 18.1 Å². The predicted octanol–water partition coefficient (Wildman–Crippen LogP) is 2.60. The van der Waals surface area contributed by atoms with Gasteiger partial charge in [0.1, 0.15) is 0 Å². The second kappa shape index (κ2) is 5.53. The molecule has 110 valence electrons. The van der Waals surface area contributed by atoms with Crippen LogP contribution in [0, 0.1) is 12.8 Å². The number of Topliss-reactive ketones (excluding diaryl/α,β-unsaturated/α-hetero) is 1. The minimum atomic E-state index is -0.0278. The largest absolute Gasteiger partial charge is 0.375 e. The Labute approximate surface area is 124 Å². The third kappa shape index (κ3) is 2.53. The third-order valence-electron chi connectivity index (χ3n) is 4.77. The monoisotopic (exact) mass is 294 g/mol. The van der Waals surface area contributed by atoms with Gasteiger partial charge in [0.15, 0.2) is 5.78 Å². The lowest BCUT2D eigenvalue weighted by Gasteiger charge is -2.42. The first-order chi connectivity index (χ1) is 9.61. The Balaban J connectivity index is 1.76. The molecule has 0 amide bonds. The molecule has 3 rings (SSSR count). The normalized spacial score (nSPS) is 25.8. The second-order valence-electron chi connectivity index (χ2n) is 5.97. The summed E-state index contributed by atoms with van der Waals surface area (Å²) >= 11 is 2.00. The van der Waals surface area contributed by atoms with E-state index >= 15 is 0 Å². The van der Waals surface area contributed by atoms with Crippen LogP contribution in [0.25, 0.3) is 0 Å². The Kier molecular flexibility index (Phi) is 3.91. The molecule has 0 N–H and O–H groups in total. The maximum Gasteiger partial charge on any atom is 0.169 e. The maximum atomic E-state index is 12.7. The molecule has 2 aliphatic rings. The van der Waals surface area contributed by atoms with Crippen LogP contribution in [-0.4, -0.2) is 39.3 Å². The van der Waals surface area contributed by atoms with E-state index in [-0.39, 0.29) is 17.3 Å². The average Bonchev–Trinajstić information content (AvgIpc) is 2.79. The summed E-state index contributed by atoms with van der Waals surface area (Å²) in [6, 6.07) is 0. The Morgan fingerprint density at radius 3 is 2.90 bits per heavy atom. The first-order valence-corrected chi connectivity index (χ1v) is 8.51. The van der Waals surface area contributed by atoms with Gasteiger partial charge in [0.25, 0.3) is 0 Å². The molecule has 0 saturated carbocycles. The number of thioether (sulfide) groups is 1. The van der Waals surface area contributed by atoms with E-state index in [0.717, 1.165) is 55.1 Å². The highest BCUT2D eigenvalue weighted by molar-refractivity contribution is 7.99. The van der Waals surface area contributed by atoms with E-state index in [0.29, 0.717) is 0 Å². The number of aromatic nitrogens is 2. The molecule has 20 heavy (non-hydrogen) atoms. The summed E-state index contributed by atoms with van der Waals surface area (Å²) in [6.45, 7) is 2.69. The lowest BCUT2D eigenvalue weighted by atomic mass is 9.79. The fourth-order valence-corrected chi connectivity index (χ4v) is 4.54. The number of ketones is 1. The number of aryl methyl sites for hydroxylation is 1. The highest BCUT2D eigenvalue weighted by Crippen LogP contribution is 2.40.